The van der Waals surface area contributed by atoms with Gasteiger partial charge in [0, 0.05) is 11.9 Å². The lowest BCUT2D eigenvalue weighted by molar-refractivity contribution is 0.766. The molecular formula is C10H16N2. The third-order valence-corrected chi connectivity index (χ3v) is 2.28. The van der Waals surface area contributed by atoms with Crippen LogP contribution in [-0.2, 0) is 0 Å². The van der Waals surface area contributed by atoms with Crippen molar-refractivity contribution in [2.45, 2.75) is 26.7 Å². The van der Waals surface area contributed by atoms with Gasteiger partial charge >= 0.3 is 0 Å². The number of aryl methyl sites for hydroxylation is 2. The second-order valence-electron chi connectivity index (χ2n) is 3.31. The Kier molecular flexibility index (Phi) is 2.82. The molecule has 0 aliphatic carbocycles. The smallest absolute Gasteiger partial charge is 0.0401 e. The van der Waals surface area contributed by atoms with Crippen LogP contribution in [0.15, 0.2) is 12.3 Å². The SMILES string of the molecule is Cc1cc(C(C)CN)cnc1C. The van der Waals surface area contributed by atoms with E-state index in [-0.39, 0.29) is 0 Å². The summed E-state index contributed by atoms with van der Waals surface area (Å²) in [6.07, 6.45) is 1.92. The molecule has 1 aromatic heterocycles. The molecule has 0 aliphatic rings. The minimum atomic E-state index is 0.414. The van der Waals surface area contributed by atoms with Gasteiger partial charge in [-0.15, -0.1) is 0 Å². The van der Waals surface area contributed by atoms with Crippen LogP contribution in [0.25, 0.3) is 0 Å². The van der Waals surface area contributed by atoms with Gasteiger partial charge in [-0.1, -0.05) is 13.0 Å². The summed E-state index contributed by atoms with van der Waals surface area (Å²) in [6, 6.07) is 2.17. The Morgan fingerprint density at radius 1 is 1.50 bits per heavy atom. The van der Waals surface area contributed by atoms with Gasteiger partial charge < -0.3 is 5.73 Å². The Morgan fingerprint density at radius 2 is 2.17 bits per heavy atom. The summed E-state index contributed by atoms with van der Waals surface area (Å²) in [7, 11) is 0. The third-order valence-electron chi connectivity index (χ3n) is 2.28. The summed E-state index contributed by atoms with van der Waals surface area (Å²) in [5.41, 5.74) is 9.14. The van der Waals surface area contributed by atoms with Crippen molar-refractivity contribution in [3.8, 4) is 0 Å². The average molecular weight is 164 g/mol. The van der Waals surface area contributed by atoms with Crippen molar-refractivity contribution in [3.63, 3.8) is 0 Å². The van der Waals surface area contributed by atoms with Crippen LogP contribution >= 0.6 is 0 Å². The first-order valence-electron chi connectivity index (χ1n) is 4.28. The molecule has 0 bridgehead atoms. The number of rotatable bonds is 2. The number of hydrogen-bond donors (Lipinski definition) is 1. The largest absolute Gasteiger partial charge is 0.330 e. The number of nitrogens with two attached hydrogens (primary N) is 1. The van der Waals surface area contributed by atoms with Crippen LogP contribution < -0.4 is 5.73 Å². The zero-order valence-electron chi connectivity index (χ0n) is 7.96. The van der Waals surface area contributed by atoms with Crippen LogP contribution in [0.1, 0.15) is 29.7 Å². The molecule has 2 N–H and O–H groups in total. The molecule has 12 heavy (non-hydrogen) atoms. The summed E-state index contributed by atoms with van der Waals surface area (Å²) in [5.74, 6) is 0.414. The van der Waals surface area contributed by atoms with Gasteiger partial charge in [-0.3, -0.25) is 4.98 Å². The molecule has 0 fully saturated rings. The minimum absolute atomic E-state index is 0.414. The maximum absolute atomic E-state index is 5.56. The van der Waals surface area contributed by atoms with E-state index >= 15 is 0 Å². The number of hydrogen-bond acceptors (Lipinski definition) is 2. The third kappa shape index (κ3) is 1.83. The van der Waals surface area contributed by atoms with E-state index in [9.17, 15) is 0 Å². The molecule has 0 saturated carbocycles. The van der Waals surface area contributed by atoms with Crippen molar-refractivity contribution in [1.82, 2.24) is 4.98 Å². The van der Waals surface area contributed by atoms with E-state index in [4.69, 9.17) is 5.73 Å². The van der Waals surface area contributed by atoms with Gasteiger partial charge in [0.05, 0.1) is 0 Å². The van der Waals surface area contributed by atoms with Crippen LogP contribution in [0.2, 0.25) is 0 Å². The molecule has 0 aliphatic heterocycles. The summed E-state index contributed by atoms with van der Waals surface area (Å²) < 4.78 is 0. The number of aromatic nitrogens is 1. The monoisotopic (exact) mass is 164 g/mol. The van der Waals surface area contributed by atoms with Crippen LogP contribution in [0, 0.1) is 13.8 Å². The Bertz CT molecular complexity index is 269. The molecule has 2 heteroatoms. The van der Waals surface area contributed by atoms with E-state index in [1.165, 1.54) is 11.1 Å². The van der Waals surface area contributed by atoms with Crippen LogP contribution in [-0.4, -0.2) is 11.5 Å². The highest BCUT2D eigenvalue weighted by molar-refractivity contribution is 5.25. The average Bonchev–Trinajstić information content (AvgIpc) is 2.08. The molecule has 0 radical (unpaired) electrons. The number of nitrogens with zero attached hydrogens (tertiary/aromatic N) is 1. The molecule has 0 aromatic carbocycles. The lowest BCUT2D eigenvalue weighted by atomic mass is 10.0. The van der Waals surface area contributed by atoms with E-state index in [1.54, 1.807) is 0 Å². The van der Waals surface area contributed by atoms with Gasteiger partial charge in [0.15, 0.2) is 0 Å². The first-order chi connectivity index (χ1) is 5.65. The van der Waals surface area contributed by atoms with Crippen molar-refractivity contribution < 1.29 is 0 Å². The molecule has 1 rings (SSSR count). The first kappa shape index (κ1) is 9.20. The molecule has 0 saturated heterocycles. The maximum Gasteiger partial charge on any atom is 0.0401 e. The Balaban J connectivity index is 2.96. The van der Waals surface area contributed by atoms with Crippen LogP contribution in [0.3, 0.4) is 0 Å². The van der Waals surface area contributed by atoms with Crippen molar-refractivity contribution >= 4 is 0 Å². The van der Waals surface area contributed by atoms with Crippen molar-refractivity contribution in [2.24, 2.45) is 5.73 Å². The summed E-state index contributed by atoms with van der Waals surface area (Å²) in [4.78, 5) is 4.29. The molecule has 0 amide bonds. The molecule has 0 spiro atoms. The topological polar surface area (TPSA) is 38.9 Å². The first-order valence-corrected chi connectivity index (χ1v) is 4.28. The quantitative estimate of drug-likeness (QED) is 0.723. The highest BCUT2D eigenvalue weighted by atomic mass is 14.7. The van der Waals surface area contributed by atoms with Crippen molar-refractivity contribution in [2.75, 3.05) is 6.54 Å². The molecule has 66 valence electrons. The molecule has 1 unspecified atom stereocenters. The van der Waals surface area contributed by atoms with Crippen LogP contribution in [0.4, 0.5) is 0 Å². The second kappa shape index (κ2) is 3.68. The highest BCUT2D eigenvalue weighted by Gasteiger charge is 2.04. The fraction of sp³-hybridized carbons (Fsp3) is 0.500. The minimum Gasteiger partial charge on any atom is -0.330 e. The van der Waals surface area contributed by atoms with E-state index in [1.807, 2.05) is 13.1 Å². The Hall–Kier alpha value is -0.890. The Morgan fingerprint density at radius 3 is 2.67 bits per heavy atom. The molecule has 1 aromatic rings. The summed E-state index contributed by atoms with van der Waals surface area (Å²) in [5, 5.41) is 0. The van der Waals surface area contributed by atoms with Gasteiger partial charge in [-0.2, -0.15) is 0 Å². The predicted molar refractivity (Wildman–Crippen MR) is 51.2 cm³/mol. The zero-order chi connectivity index (χ0) is 9.14. The van der Waals surface area contributed by atoms with Gasteiger partial charge in [-0.25, -0.2) is 0 Å². The molecule has 1 atom stereocenters. The van der Waals surface area contributed by atoms with E-state index in [2.05, 4.69) is 24.9 Å². The summed E-state index contributed by atoms with van der Waals surface area (Å²) in [6.45, 7) is 6.90. The standard InChI is InChI=1S/C10H16N2/c1-7-4-10(8(2)5-11)6-12-9(7)3/h4,6,8H,5,11H2,1-3H3. The lowest BCUT2D eigenvalue weighted by Crippen LogP contribution is -2.09. The molecule has 2 nitrogen and oxygen atoms in total. The fourth-order valence-electron chi connectivity index (χ4n) is 1.07. The maximum atomic E-state index is 5.56. The van der Waals surface area contributed by atoms with Gasteiger partial charge in [-0.05, 0) is 37.4 Å². The summed E-state index contributed by atoms with van der Waals surface area (Å²) >= 11 is 0. The highest BCUT2D eigenvalue weighted by Crippen LogP contribution is 2.15. The molecule has 1 heterocycles. The van der Waals surface area contributed by atoms with E-state index < -0.39 is 0 Å². The fourth-order valence-corrected chi connectivity index (χ4v) is 1.07. The van der Waals surface area contributed by atoms with Crippen molar-refractivity contribution in [1.29, 1.82) is 0 Å². The van der Waals surface area contributed by atoms with Gasteiger partial charge in [0.25, 0.3) is 0 Å². The van der Waals surface area contributed by atoms with Gasteiger partial charge in [0.1, 0.15) is 0 Å². The zero-order valence-corrected chi connectivity index (χ0v) is 7.96. The van der Waals surface area contributed by atoms with E-state index in [0.29, 0.717) is 12.5 Å². The van der Waals surface area contributed by atoms with Crippen LogP contribution in [0.5, 0.6) is 0 Å². The second-order valence-corrected chi connectivity index (χ2v) is 3.31. The van der Waals surface area contributed by atoms with E-state index in [0.717, 1.165) is 5.69 Å². The normalized spacial score (nSPS) is 13.0. The lowest BCUT2D eigenvalue weighted by Gasteiger charge is -2.09. The Labute approximate surface area is 73.8 Å². The van der Waals surface area contributed by atoms with Gasteiger partial charge in [0.2, 0.25) is 0 Å². The molecular weight excluding hydrogens is 148 g/mol. The number of pyridine rings is 1. The predicted octanol–water partition coefficient (Wildman–Crippen LogP) is 1.76. The van der Waals surface area contributed by atoms with Crippen molar-refractivity contribution in [3.05, 3.63) is 29.1 Å².